The summed E-state index contributed by atoms with van der Waals surface area (Å²) in [5.41, 5.74) is 0. The molecule has 0 atom stereocenters. The van der Waals surface area contributed by atoms with Gasteiger partial charge in [0.05, 0.1) is 0 Å². The van der Waals surface area contributed by atoms with Crippen molar-refractivity contribution in [3.63, 3.8) is 0 Å². The molecule has 1 aliphatic rings. The van der Waals surface area contributed by atoms with Gasteiger partial charge in [0.1, 0.15) is 0 Å². The fourth-order valence-electron chi connectivity index (χ4n) is 3.47. The van der Waals surface area contributed by atoms with E-state index >= 15 is 0 Å². The van der Waals surface area contributed by atoms with E-state index in [0.717, 1.165) is 0 Å². The molecule has 0 bridgehead atoms. The maximum atomic E-state index is 7.24. The first-order chi connectivity index (χ1) is 11.0. The second kappa shape index (κ2) is 8.44. The second-order valence-corrected chi connectivity index (χ2v) is 21.5. The Bertz CT molecular complexity index is 391. The summed E-state index contributed by atoms with van der Waals surface area (Å²) in [5.74, 6) is -6.72. The van der Waals surface area contributed by atoms with Crippen LogP contribution in [-0.2, 0) is 0 Å². The predicted octanol–water partition coefficient (Wildman–Crippen LogP) is 6.98. The molecule has 1 fully saturated rings. The minimum atomic E-state index is -3.70. The van der Waals surface area contributed by atoms with Crippen LogP contribution in [-0.4, -0.2) is 69.3 Å². The van der Waals surface area contributed by atoms with Crippen molar-refractivity contribution in [2.24, 2.45) is 0 Å². The maximum absolute atomic E-state index is 7.24. The second-order valence-electron chi connectivity index (χ2n) is 5.42. The fraction of sp³-hybridized carbons (Fsp3) is 1.00. The average molecular weight is 503 g/mol. The zero-order chi connectivity index (χ0) is 18.9. The van der Waals surface area contributed by atoms with E-state index in [1.165, 1.54) is 0 Å². The van der Waals surface area contributed by atoms with Crippen molar-refractivity contribution in [3.05, 3.63) is 0 Å². The minimum absolute atomic E-state index is 0.339. The Balaban J connectivity index is 3.63. The Morgan fingerprint density at radius 1 is 0.625 bits per heavy atom. The Morgan fingerprint density at radius 3 is 1.04 bits per heavy atom. The molecule has 0 saturated carbocycles. The molecule has 12 heteroatoms. The predicted molar refractivity (Wildman–Crippen MR) is 118 cm³/mol. The number of halogens is 6. The van der Waals surface area contributed by atoms with Gasteiger partial charge in [-0.15, -0.1) is 0 Å². The molecule has 0 aromatic heterocycles. The van der Waals surface area contributed by atoms with Gasteiger partial charge in [0, 0.05) is 0 Å². The molecule has 1 heterocycles. The van der Waals surface area contributed by atoms with Crippen molar-refractivity contribution in [3.8, 4) is 0 Å². The molecule has 0 unspecified atom stereocenters. The number of rotatable bonds is 10. The van der Waals surface area contributed by atoms with E-state index in [-0.39, 0.29) is 0 Å². The van der Waals surface area contributed by atoms with Crippen LogP contribution in [0.5, 0.6) is 0 Å². The molecule has 0 spiro atoms. The molecular weight excluding hydrogens is 475 g/mol. The van der Waals surface area contributed by atoms with Crippen LogP contribution in [0.1, 0.15) is 27.7 Å². The van der Waals surface area contributed by atoms with Gasteiger partial charge in [-0.05, 0) is 0 Å². The molecule has 0 aromatic rings. The third-order valence-electron chi connectivity index (χ3n) is 4.49. The summed E-state index contributed by atoms with van der Waals surface area (Å²) in [6.07, 6.45) is 0. The summed E-state index contributed by atoms with van der Waals surface area (Å²) >= 11 is 41.1. The van der Waals surface area contributed by atoms with E-state index in [1.807, 2.05) is 45.9 Å². The molecule has 1 rings (SSSR count). The van der Waals surface area contributed by atoms with Gasteiger partial charge in [0.15, 0.2) is 0 Å². The van der Waals surface area contributed by atoms with Crippen LogP contribution in [0.3, 0.4) is 0 Å². The van der Waals surface area contributed by atoms with E-state index < -0.39 is 11.5 Å². The molecular formula is C12H28Cl6N4P2. The standard InChI is InChI=1S/C12H28Cl6N4P2/c1-5-19(6-2)23(15,16)21(11-9-13)24(17,18,20(7-3)8-4)22(23)12-10-14/h5-12H2,1-4H3. The third-order valence-corrected chi connectivity index (χ3v) is 25.2. The number of alkyl halides is 2. The number of nitrogens with zero attached hydrogens (tertiary/aromatic N) is 4. The Kier molecular flexibility index (Phi) is 8.60. The summed E-state index contributed by atoms with van der Waals surface area (Å²) in [5, 5.41) is 0. The van der Waals surface area contributed by atoms with Crippen LogP contribution in [0, 0.1) is 0 Å². The van der Waals surface area contributed by atoms with Crippen LogP contribution in [0.15, 0.2) is 0 Å². The molecule has 4 nitrogen and oxygen atoms in total. The molecule has 24 heavy (non-hydrogen) atoms. The van der Waals surface area contributed by atoms with Gasteiger partial charge in [-0.3, -0.25) is 0 Å². The third kappa shape index (κ3) is 3.23. The van der Waals surface area contributed by atoms with E-state index in [4.69, 9.17) is 68.2 Å². The van der Waals surface area contributed by atoms with Crippen LogP contribution in [0.25, 0.3) is 0 Å². The van der Waals surface area contributed by atoms with Gasteiger partial charge >= 0.3 is 177 Å². The van der Waals surface area contributed by atoms with Crippen molar-refractivity contribution in [1.29, 1.82) is 0 Å². The van der Waals surface area contributed by atoms with Gasteiger partial charge in [-0.1, -0.05) is 0 Å². The van der Waals surface area contributed by atoms with E-state index in [1.54, 1.807) is 0 Å². The molecule has 0 aliphatic carbocycles. The van der Waals surface area contributed by atoms with Gasteiger partial charge in [0.2, 0.25) is 0 Å². The summed E-state index contributed by atoms with van der Waals surface area (Å²) in [6.45, 7) is 11.6. The first-order valence-corrected chi connectivity index (χ1v) is 17.0. The van der Waals surface area contributed by atoms with Gasteiger partial charge in [-0.25, -0.2) is 0 Å². The van der Waals surface area contributed by atoms with Gasteiger partial charge in [0.25, 0.3) is 0 Å². The van der Waals surface area contributed by atoms with Crippen molar-refractivity contribution in [2.75, 3.05) is 51.0 Å². The summed E-state index contributed by atoms with van der Waals surface area (Å²) < 4.78 is 7.91. The van der Waals surface area contributed by atoms with Crippen molar-refractivity contribution >= 4 is 79.7 Å². The molecule has 0 amide bonds. The molecule has 1 saturated heterocycles. The van der Waals surface area contributed by atoms with Crippen molar-refractivity contribution in [2.45, 2.75) is 27.7 Å². The molecule has 148 valence electrons. The Hall–Kier alpha value is 2.44. The van der Waals surface area contributed by atoms with Crippen LogP contribution in [0.2, 0.25) is 0 Å². The van der Waals surface area contributed by atoms with E-state index in [9.17, 15) is 0 Å². The molecule has 1 aliphatic heterocycles. The molecule has 0 radical (unpaired) electrons. The van der Waals surface area contributed by atoms with Crippen LogP contribution < -0.4 is 0 Å². The van der Waals surface area contributed by atoms with Crippen molar-refractivity contribution in [1.82, 2.24) is 18.2 Å². The van der Waals surface area contributed by atoms with E-state index in [2.05, 4.69) is 0 Å². The van der Waals surface area contributed by atoms with Crippen LogP contribution >= 0.6 is 79.7 Å². The quantitative estimate of drug-likeness (QED) is 0.236. The topological polar surface area (TPSA) is 13.0 Å². The Morgan fingerprint density at radius 2 is 0.875 bits per heavy atom. The molecule has 0 N–H and O–H groups in total. The fourth-order valence-corrected chi connectivity index (χ4v) is 31.5. The van der Waals surface area contributed by atoms with Crippen molar-refractivity contribution < 1.29 is 0 Å². The normalized spacial score (nSPS) is 28.7. The Labute approximate surface area is 175 Å². The number of hydrogen-bond acceptors (Lipinski definition) is 4. The van der Waals surface area contributed by atoms with Gasteiger partial charge < -0.3 is 0 Å². The zero-order valence-electron chi connectivity index (χ0n) is 14.6. The summed E-state index contributed by atoms with van der Waals surface area (Å²) in [4.78, 5) is 0. The average Bonchev–Trinajstić information content (AvgIpc) is 2.52. The first-order valence-electron chi connectivity index (χ1n) is 8.14. The summed E-state index contributed by atoms with van der Waals surface area (Å²) in [6, 6.07) is 0. The monoisotopic (exact) mass is 500 g/mol. The number of hydrogen-bond donors (Lipinski definition) is 0. The zero-order valence-corrected chi connectivity index (χ0v) is 20.9. The van der Waals surface area contributed by atoms with Crippen LogP contribution in [0.4, 0.5) is 0 Å². The van der Waals surface area contributed by atoms with E-state index in [0.29, 0.717) is 51.0 Å². The SMILES string of the molecule is CCN(CC)P1(Cl)(Cl)N(CCCl)P(Cl)(Cl)(N(CC)CC)N1CCCl. The first kappa shape index (κ1) is 24.5. The van der Waals surface area contributed by atoms with Gasteiger partial charge in [-0.2, -0.15) is 0 Å². The summed E-state index contributed by atoms with van der Waals surface area (Å²) in [7, 11) is 0. The molecule has 0 aromatic carbocycles.